The molecule has 1 nitrogen and oxygen atoms in total. The molecule has 0 saturated heterocycles. The number of rotatable bonds is 6. The third-order valence-electron chi connectivity index (χ3n) is 2.06. The Balaban J connectivity index is 3.25. The predicted octanol–water partition coefficient (Wildman–Crippen LogP) is 3.22. The quantitative estimate of drug-likeness (QED) is 0.652. The molecule has 0 amide bonds. The summed E-state index contributed by atoms with van der Waals surface area (Å²) in [5.74, 6) is 1.40. The second kappa shape index (κ2) is 6.47. The van der Waals surface area contributed by atoms with Gasteiger partial charge in [-0.3, -0.25) is 0 Å². The Morgan fingerprint density at radius 1 is 0.917 bits per heavy atom. The van der Waals surface area contributed by atoms with Gasteiger partial charge < -0.3 is 5.11 Å². The normalized spacial score (nSPS) is 14.2. The maximum atomic E-state index is 9.53. The first kappa shape index (κ1) is 12.0. The molecule has 74 valence electrons. The zero-order chi connectivity index (χ0) is 9.56. The summed E-state index contributed by atoms with van der Waals surface area (Å²) < 4.78 is 0. The molecule has 0 aliphatic heterocycles. The molecule has 0 spiro atoms. The van der Waals surface area contributed by atoms with Gasteiger partial charge in [-0.05, 0) is 24.7 Å². The van der Waals surface area contributed by atoms with Crippen LogP contribution in [0.1, 0.15) is 53.4 Å². The minimum Gasteiger partial charge on any atom is -0.393 e. The van der Waals surface area contributed by atoms with Gasteiger partial charge in [-0.15, -0.1) is 0 Å². The van der Waals surface area contributed by atoms with Gasteiger partial charge >= 0.3 is 0 Å². The molecule has 1 heteroatoms. The van der Waals surface area contributed by atoms with Gasteiger partial charge in [0.05, 0.1) is 6.10 Å². The van der Waals surface area contributed by atoms with Crippen molar-refractivity contribution in [3.63, 3.8) is 0 Å². The monoisotopic (exact) mass is 172 g/mol. The molecule has 0 rings (SSSR count). The van der Waals surface area contributed by atoms with Crippen LogP contribution in [0.5, 0.6) is 0 Å². The minimum atomic E-state index is -0.0660. The van der Waals surface area contributed by atoms with Crippen LogP contribution in [0, 0.1) is 11.8 Å². The van der Waals surface area contributed by atoms with E-state index >= 15 is 0 Å². The lowest BCUT2D eigenvalue weighted by Crippen LogP contribution is -2.10. The van der Waals surface area contributed by atoms with Crippen LogP contribution in [0.3, 0.4) is 0 Å². The van der Waals surface area contributed by atoms with Gasteiger partial charge in [0.25, 0.3) is 0 Å². The zero-order valence-corrected chi connectivity index (χ0v) is 9.01. The van der Waals surface area contributed by atoms with E-state index in [9.17, 15) is 5.11 Å². The van der Waals surface area contributed by atoms with Crippen LogP contribution < -0.4 is 0 Å². The lowest BCUT2D eigenvalue weighted by molar-refractivity contribution is 0.135. The van der Waals surface area contributed by atoms with Crippen molar-refractivity contribution in [2.75, 3.05) is 0 Å². The van der Waals surface area contributed by atoms with E-state index in [1.165, 1.54) is 12.8 Å². The van der Waals surface area contributed by atoms with Crippen molar-refractivity contribution >= 4 is 0 Å². The first-order valence-corrected chi connectivity index (χ1v) is 5.20. The average Bonchev–Trinajstić information content (AvgIpc) is 1.84. The Labute approximate surface area is 77.2 Å². The fourth-order valence-corrected chi connectivity index (χ4v) is 1.42. The summed E-state index contributed by atoms with van der Waals surface area (Å²) in [6, 6.07) is 0. The molecule has 12 heavy (non-hydrogen) atoms. The fourth-order valence-electron chi connectivity index (χ4n) is 1.42. The predicted molar refractivity (Wildman–Crippen MR) is 54.2 cm³/mol. The van der Waals surface area contributed by atoms with Crippen LogP contribution in [0.2, 0.25) is 0 Å². The summed E-state index contributed by atoms with van der Waals surface area (Å²) in [5, 5.41) is 9.53. The van der Waals surface area contributed by atoms with Gasteiger partial charge in [0.1, 0.15) is 0 Å². The van der Waals surface area contributed by atoms with Crippen molar-refractivity contribution in [1.82, 2.24) is 0 Å². The molecular formula is C11H24O. The minimum absolute atomic E-state index is 0.0660. The molecule has 0 aromatic carbocycles. The summed E-state index contributed by atoms with van der Waals surface area (Å²) in [6.45, 7) is 8.78. The summed E-state index contributed by atoms with van der Waals surface area (Å²) in [7, 11) is 0. The Morgan fingerprint density at radius 3 is 1.92 bits per heavy atom. The molecule has 1 atom stereocenters. The van der Waals surface area contributed by atoms with Gasteiger partial charge in [0.2, 0.25) is 0 Å². The van der Waals surface area contributed by atoms with E-state index in [0.717, 1.165) is 18.8 Å². The summed E-state index contributed by atoms with van der Waals surface area (Å²) in [6.07, 6.45) is 4.29. The van der Waals surface area contributed by atoms with Crippen molar-refractivity contribution in [3.05, 3.63) is 0 Å². The van der Waals surface area contributed by atoms with E-state index in [4.69, 9.17) is 0 Å². The van der Waals surface area contributed by atoms with Crippen molar-refractivity contribution in [3.8, 4) is 0 Å². The van der Waals surface area contributed by atoms with Crippen LogP contribution in [0.15, 0.2) is 0 Å². The fraction of sp³-hybridized carbons (Fsp3) is 1.00. The molecule has 1 unspecified atom stereocenters. The summed E-state index contributed by atoms with van der Waals surface area (Å²) >= 11 is 0. The number of hydrogen-bond acceptors (Lipinski definition) is 1. The molecule has 0 heterocycles. The first-order chi connectivity index (χ1) is 5.52. The molecule has 0 aliphatic rings. The average molecular weight is 172 g/mol. The number of aliphatic hydroxyl groups is 1. The molecular weight excluding hydrogens is 148 g/mol. The molecule has 0 fully saturated rings. The third-order valence-corrected chi connectivity index (χ3v) is 2.06. The Hall–Kier alpha value is -0.0400. The van der Waals surface area contributed by atoms with Crippen molar-refractivity contribution in [1.29, 1.82) is 0 Å². The topological polar surface area (TPSA) is 20.2 Å². The molecule has 0 aromatic rings. The number of hydrogen-bond donors (Lipinski definition) is 1. The maximum absolute atomic E-state index is 9.53. The van der Waals surface area contributed by atoms with Crippen LogP contribution in [0.4, 0.5) is 0 Å². The summed E-state index contributed by atoms with van der Waals surface area (Å²) in [5.41, 5.74) is 0. The third kappa shape index (κ3) is 8.06. The van der Waals surface area contributed by atoms with E-state index < -0.39 is 0 Å². The first-order valence-electron chi connectivity index (χ1n) is 5.20. The second-order valence-electron chi connectivity index (χ2n) is 4.61. The van der Waals surface area contributed by atoms with E-state index in [1.807, 2.05) is 0 Å². The molecule has 0 radical (unpaired) electrons. The molecule has 1 N–H and O–H groups in total. The van der Waals surface area contributed by atoms with E-state index in [2.05, 4.69) is 27.7 Å². The molecule has 0 saturated carbocycles. The molecule has 0 aromatic heterocycles. The van der Waals surface area contributed by atoms with Crippen molar-refractivity contribution in [2.45, 2.75) is 59.5 Å². The second-order valence-corrected chi connectivity index (χ2v) is 4.61. The van der Waals surface area contributed by atoms with Crippen LogP contribution in [-0.4, -0.2) is 11.2 Å². The highest BCUT2D eigenvalue weighted by atomic mass is 16.3. The van der Waals surface area contributed by atoms with E-state index in [0.29, 0.717) is 5.92 Å². The van der Waals surface area contributed by atoms with Crippen LogP contribution >= 0.6 is 0 Å². The highest BCUT2D eigenvalue weighted by Crippen LogP contribution is 2.13. The standard InChI is InChI=1S/C11H24O/c1-9(2)6-5-7-11(12)8-10(3)4/h9-12H,5-8H2,1-4H3. The van der Waals surface area contributed by atoms with Gasteiger partial charge in [-0.2, -0.15) is 0 Å². The maximum Gasteiger partial charge on any atom is 0.0542 e. The zero-order valence-electron chi connectivity index (χ0n) is 9.01. The molecule has 0 aliphatic carbocycles. The van der Waals surface area contributed by atoms with Crippen molar-refractivity contribution in [2.24, 2.45) is 11.8 Å². The van der Waals surface area contributed by atoms with Crippen LogP contribution in [0.25, 0.3) is 0 Å². The smallest absolute Gasteiger partial charge is 0.0542 e. The largest absolute Gasteiger partial charge is 0.393 e. The Bertz CT molecular complexity index is 97.2. The number of aliphatic hydroxyl groups excluding tert-OH is 1. The SMILES string of the molecule is CC(C)CCCC(O)CC(C)C. The van der Waals surface area contributed by atoms with Crippen LogP contribution in [-0.2, 0) is 0 Å². The van der Waals surface area contributed by atoms with Gasteiger partial charge in [0, 0.05) is 0 Å². The molecule has 0 bridgehead atoms. The Kier molecular flexibility index (Phi) is 6.45. The summed E-state index contributed by atoms with van der Waals surface area (Å²) in [4.78, 5) is 0. The van der Waals surface area contributed by atoms with Gasteiger partial charge in [-0.1, -0.05) is 40.5 Å². The van der Waals surface area contributed by atoms with Gasteiger partial charge in [-0.25, -0.2) is 0 Å². The van der Waals surface area contributed by atoms with Gasteiger partial charge in [0.15, 0.2) is 0 Å². The lowest BCUT2D eigenvalue weighted by atomic mass is 9.99. The highest BCUT2D eigenvalue weighted by molar-refractivity contribution is 4.59. The lowest BCUT2D eigenvalue weighted by Gasteiger charge is -2.13. The van der Waals surface area contributed by atoms with E-state index in [-0.39, 0.29) is 6.10 Å². The van der Waals surface area contributed by atoms with Crippen molar-refractivity contribution < 1.29 is 5.11 Å². The Morgan fingerprint density at radius 2 is 1.50 bits per heavy atom. The highest BCUT2D eigenvalue weighted by Gasteiger charge is 2.06. The van der Waals surface area contributed by atoms with E-state index in [1.54, 1.807) is 0 Å².